The lowest BCUT2D eigenvalue weighted by Gasteiger charge is -2.41. The Kier molecular flexibility index (Phi) is 27.7. The number of allylic oxidation sites excluding steroid dienone is 1. The average molecular weight is 768 g/mol. The van der Waals surface area contributed by atoms with Gasteiger partial charge in [0.1, 0.15) is 36.6 Å². The van der Waals surface area contributed by atoms with Gasteiger partial charge in [-0.25, -0.2) is 4.57 Å². The van der Waals surface area contributed by atoms with Gasteiger partial charge in [-0.05, 0) is 19.3 Å². The minimum Gasteiger partial charge on any atom is -0.393 e. The van der Waals surface area contributed by atoms with Crippen LogP contribution in [0.4, 0.5) is 0 Å². The molecule has 1 rings (SSSR count). The van der Waals surface area contributed by atoms with Crippen molar-refractivity contribution in [3.05, 3.63) is 12.2 Å². The molecular weight excluding hydrogens is 693 g/mol. The van der Waals surface area contributed by atoms with Crippen LogP contribution >= 0.6 is 7.82 Å². The molecule has 8 unspecified atom stereocenters. The molecule has 1 fully saturated rings. The molecule has 0 aromatic rings. The van der Waals surface area contributed by atoms with Gasteiger partial charge in [0.25, 0.3) is 0 Å². The molecule has 1 aliphatic rings. The summed E-state index contributed by atoms with van der Waals surface area (Å²) in [5.41, 5.74) is 0. The standard InChI is InChI=1S/C38H74NO12P/c1-3-5-7-9-11-13-14-15-16-17-18-20-22-24-26-31(41)30(39-32(42)27-29(40)25-23-21-19-12-10-8-6-4-2)28-50-52(48,49)51-38-36(46)34(44)33(43)35(45)37(38)47/h24,26,29-31,33-38,40-41,43-47H,3-23,25,27-28H2,1-2H3,(H,39,42)(H,48,49)/b26-24+. The van der Waals surface area contributed by atoms with Crippen molar-refractivity contribution in [2.24, 2.45) is 0 Å². The van der Waals surface area contributed by atoms with E-state index in [1.165, 1.54) is 89.5 Å². The number of phosphoric ester groups is 1. The Balaban J connectivity index is 2.65. The van der Waals surface area contributed by atoms with Gasteiger partial charge >= 0.3 is 7.82 Å². The molecule has 0 saturated heterocycles. The van der Waals surface area contributed by atoms with Gasteiger partial charge in [-0.3, -0.25) is 13.8 Å². The second-order valence-corrected chi connectivity index (χ2v) is 16.1. The zero-order chi connectivity index (χ0) is 38.8. The Labute approximate surface area is 312 Å². The van der Waals surface area contributed by atoms with E-state index in [-0.39, 0.29) is 6.42 Å². The first kappa shape index (κ1) is 49.1. The number of carbonyl (C=O) groups is 1. The summed E-state index contributed by atoms with van der Waals surface area (Å²) < 4.78 is 22.7. The normalized spacial score (nSPS) is 25.2. The Morgan fingerprint density at radius 2 is 1.10 bits per heavy atom. The number of aliphatic hydroxyl groups is 7. The summed E-state index contributed by atoms with van der Waals surface area (Å²) in [5.74, 6) is -0.596. The van der Waals surface area contributed by atoms with E-state index in [9.17, 15) is 50.0 Å². The molecule has 14 heteroatoms. The second kappa shape index (κ2) is 29.3. The third-order valence-electron chi connectivity index (χ3n) is 9.87. The highest BCUT2D eigenvalue weighted by Gasteiger charge is 2.51. The quantitative estimate of drug-likeness (QED) is 0.0248. The van der Waals surface area contributed by atoms with Crippen LogP contribution in [0.3, 0.4) is 0 Å². The molecule has 9 N–H and O–H groups in total. The summed E-state index contributed by atoms with van der Waals surface area (Å²) in [5, 5.41) is 74.0. The molecule has 308 valence electrons. The minimum absolute atomic E-state index is 0.242. The lowest BCUT2D eigenvalue weighted by atomic mass is 9.85. The zero-order valence-electron chi connectivity index (χ0n) is 32.0. The first-order chi connectivity index (χ1) is 24.8. The number of rotatable bonds is 32. The zero-order valence-corrected chi connectivity index (χ0v) is 32.9. The highest BCUT2D eigenvalue weighted by Crippen LogP contribution is 2.47. The maximum absolute atomic E-state index is 12.9. The number of phosphoric acid groups is 1. The summed E-state index contributed by atoms with van der Waals surface area (Å²) in [6, 6.07) is -1.23. The molecule has 13 nitrogen and oxygen atoms in total. The first-order valence-corrected chi connectivity index (χ1v) is 21.7. The van der Waals surface area contributed by atoms with Gasteiger partial charge < -0.3 is 46.0 Å². The van der Waals surface area contributed by atoms with Crippen molar-refractivity contribution in [3.8, 4) is 0 Å². The van der Waals surface area contributed by atoms with Crippen molar-refractivity contribution in [1.82, 2.24) is 5.32 Å². The van der Waals surface area contributed by atoms with Crippen molar-refractivity contribution in [3.63, 3.8) is 0 Å². The van der Waals surface area contributed by atoms with Crippen LogP contribution in [-0.4, -0.2) is 108 Å². The summed E-state index contributed by atoms with van der Waals surface area (Å²) in [7, 11) is -5.13. The van der Waals surface area contributed by atoms with Gasteiger partial charge in [-0.1, -0.05) is 148 Å². The van der Waals surface area contributed by atoms with E-state index >= 15 is 0 Å². The predicted octanol–water partition coefficient (Wildman–Crippen LogP) is 5.08. The average Bonchev–Trinajstić information content (AvgIpc) is 3.11. The highest BCUT2D eigenvalue weighted by atomic mass is 31.2. The summed E-state index contributed by atoms with van der Waals surface area (Å²) in [6.45, 7) is 3.67. The molecular formula is C38H74NO12P. The number of unbranched alkanes of at least 4 members (excludes halogenated alkanes) is 19. The number of carbonyl (C=O) groups excluding carboxylic acids is 1. The van der Waals surface area contributed by atoms with E-state index in [0.717, 1.165) is 44.9 Å². The lowest BCUT2D eigenvalue weighted by molar-refractivity contribution is -0.220. The number of nitrogens with one attached hydrogen (secondary N) is 1. The fourth-order valence-corrected chi connectivity index (χ4v) is 7.44. The Morgan fingerprint density at radius 1 is 0.673 bits per heavy atom. The van der Waals surface area contributed by atoms with Crippen LogP contribution in [-0.2, 0) is 18.4 Å². The van der Waals surface area contributed by atoms with Crippen LogP contribution in [0.5, 0.6) is 0 Å². The van der Waals surface area contributed by atoms with Gasteiger partial charge in [0.2, 0.25) is 5.91 Å². The van der Waals surface area contributed by atoms with E-state index in [1.54, 1.807) is 6.08 Å². The monoisotopic (exact) mass is 767 g/mol. The first-order valence-electron chi connectivity index (χ1n) is 20.2. The number of hydrogen-bond acceptors (Lipinski definition) is 11. The van der Waals surface area contributed by atoms with Crippen LogP contribution < -0.4 is 5.32 Å². The van der Waals surface area contributed by atoms with Crippen LogP contribution in [0.2, 0.25) is 0 Å². The Morgan fingerprint density at radius 3 is 1.58 bits per heavy atom. The molecule has 52 heavy (non-hydrogen) atoms. The number of aliphatic hydroxyl groups excluding tert-OH is 7. The number of amides is 1. The van der Waals surface area contributed by atoms with E-state index in [1.807, 2.05) is 0 Å². The lowest BCUT2D eigenvalue weighted by Crippen LogP contribution is -2.64. The third kappa shape index (κ3) is 21.8. The minimum atomic E-state index is -5.13. The fraction of sp³-hybridized carbons (Fsp3) is 0.921. The van der Waals surface area contributed by atoms with Gasteiger partial charge in [0, 0.05) is 0 Å². The molecule has 8 atom stereocenters. The molecule has 0 aromatic carbocycles. The fourth-order valence-electron chi connectivity index (χ4n) is 6.47. The van der Waals surface area contributed by atoms with Crippen LogP contribution in [0, 0.1) is 0 Å². The second-order valence-electron chi connectivity index (χ2n) is 14.7. The third-order valence-corrected chi connectivity index (χ3v) is 10.9. The maximum atomic E-state index is 12.9. The molecule has 1 amide bonds. The van der Waals surface area contributed by atoms with Gasteiger partial charge in [0.15, 0.2) is 0 Å². The van der Waals surface area contributed by atoms with Crippen LogP contribution in [0.25, 0.3) is 0 Å². The van der Waals surface area contributed by atoms with E-state index < -0.39 is 75.2 Å². The molecule has 0 radical (unpaired) electrons. The summed E-state index contributed by atoms with van der Waals surface area (Å²) >= 11 is 0. The molecule has 1 saturated carbocycles. The van der Waals surface area contributed by atoms with Crippen molar-refractivity contribution in [1.29, 1.82) is 0 Å². The summed E-state index contributed by atoms with van der Waals surface area (Å²) in [6.07, 6.45) is 13.3. The van der Waals surface area contributed by atoms with Crippen molar-refractivity contribution in [2.75, 3.05) is 6.61 Å². The van der Waals surface area contributed by atoms with E-state index in [2.05, 4.69) is 19.2 Å². The molecule has 0 aliphatic heterocycles. The van der Waals surface area contributed by atoms with E-state index in [4.69, 9.17) is 9.05 Å². The van der Waals surface area contributed by atoms with E-state index in [0.29, 0.717) is 12.8 Å². The molecule has 0 aromatic heterocycles. The van der Waals surface area contributed by atoms with Crippen molar-refractivity contribution < 1.29 is 59.0 Å². The van der Waals surface area contributed by atoms with Crippen molar-refractivity contribution in [2.45, 2.75) is 216 Å². The molecule has 0 heterocycles. The molecule has 1 aliphatic carbocycles. The molecule has 0 spiro atoms. The highest BCUT2D eigenvalue weighted by molar-refractivity contribution is 7.47. The number of hydrogen-bond donors (Lipinski definition) is 9. The Bertz CT molecular complexity index is 958. The van der Waals surface area contributed by atoms with Crippen molar-refractivity contribution >= 4 is 13.7 Å². The van der Waals surface area contributed by atoms with Gasteiger partial charge in [-0.15, -0.1) is 0 Å². The molecule has 0 bridgehead atoms. The van der Waals surface area contributed by atoms with Gasteiger partial charge in [-0.2, -0.15) is 0 Å². The topological polar surface area (TPSA) is 226 Å². The largest absolute Gasteiger partial charge is 0.472 e. The predicted molar refractivity (Wildman–Crippen MR) is 201 cm³/mol. The maximum Gasteiger partial charge on any atom is 0.472 e. The van der Waals surface area contributed by atoms with Gasteiger partial charge in [0.05, 0.1) is 31.3 Å². The Hall–Kier alpha value is -0.960. The van der Waals surface area contributed by atoms with Crippen LogP contribution in [0.15, 0.2) is 12.2 Å². The smallest absolute Gasteiger partial charge is 0.393 e. The SMILES string of the molecule is CCCCCCCCCCCCCC/C=C/C(O)C(COP(=O)(O)OC1C(O)C(O)C(O)C(O)C1O)NC(=O)CC(O)CCCCCCCCCC. The summed E-state index contributed by atoms with van der Waals surface area (Å²) in [4.78, 5) is 23.2. The van der Waals surface area contributed by atoms with Crippen LogP contribution in [0.1, 0.15) is 162 Å².